The molecule has 5 rings (SSSR count). The quantitative estimate of drug-likeness (QED) is 0.109. The number of amides is 1. The number of ether oxygens (including phenoxy) is 1. The Morgan fingerprint density at radius 1 is 1.17 bits per heavy atom. The topological polar surface area (TPSA) is 114 Å². The van der Waals surface area contributed by atoms with Crippen molar-refractivity contribution < 1.29 is 13.9 Å². The number of aliphatic imine (C=N–C) groups is 3. The fraction of sp³-hybridized carbons (Fsp3) is 0.439. The largest absolute Gasteiger partial charge is 0.384 e. The lowest BCUT2D eigenvalue weighted by Crippen LogP contribution is -2.51. The molecule has 3 aliphatic heterocycles. The van der Waals surface area contributed by atoms with Crippen LogP contribution in [-0.2, 0) is 9.53 Å². The molecule has 0 spiro atoms. The summed E-state index contributed by atoms with van der Waals surface area (Å²) >= 11 is 0. The monoisotopic (exact) mass is 725 g/mol. The Kier molecular flexibility index (Phi) is 15.2. The van der Waals surface area contributed by atoms with Crippen LogP contribution < -0.4 is 5.32 Å². The summed E-state index contributed by atoms with van der Waals surface area (Å²) in [6.45, 7) is 24.1. The predicted molar refractivity (Wildman–Crippen MR) is 215 cm³/mol. The standard InChI is InChI=1S/C39H52FN9O2.C2H4/c1-7-10-33(23-34-28(4)45-46-37(34)30-11-14-32(40)15-12-30)44-29(5)39(27-51-6)17-18-47(26-39)25-36(50)49-21-19-48(20-22-49)35-16-13-31(24-43-35)38(41-8-2)42-9-3;1-2/h7-8,10-12,14-16,23-24,31,44H,5,9,13,17-22,25-27H2,1-4,6H3,(H,45,46);1-2H2/b10-7-,33-23+,41-8?,42-38?;. The predicted octanol–water partition coefficient (Wildman–Crippen LogP) is 6.27. The van der Waals surface area contributed by atoms with Crippen LogP contribution in [0.5, 0.6) is 0 Å². The van der Waals surface area contributed by atoms with E-state index in [0.717, 1.165) is 78.0 Å². The van der Waals surface area contributed by atoms with E-state index in [9.17, 15) is 9.18 Å². The van der Waals surface area contributed by atoms with E-state index in [1.54, 1.807) is 25.5 Å². The maximum absolute atomic E-state index is 13.6. The van der Waals surface area contributed by atoms with E-state index in [1.807, 2.05) is 57.0 Å². The molecular formula is C41H56FN9O2. The van der Waals surface area contributed by atoms with E-state index in [2.05, 4.69) is 61.1 Å². The molecule has 2 fully saturated rings. The number of nitrogens with zero attached hydrogens (tertiary/aromatic N) is 7. The molecule has 284 valence electrons. The minimum Gasteiger partial charge on any atom is -0.384 e. The van der Waals surface area contributed by atoms with Crippen LogP contribution in [0.2, 0.25) is 0 Å². The minimum atomic E-state index is -0.382. The summed E-state index contributed by atoms with van der Waals surface area (Å²) in [5, 5.41) is 11.1. The van der Waals surface area contributed by atoms with Crippen molar-refractivity contribution in [3.05, 3.63) is 96.5 Å². The number of amidine groups is 1. The molecule has 2 aromatic rings. The van der Waals surface area contributed by atoms with Crippen LogP contribution in [0.4, 0.5) is 4.39 Å². The average molecular weight is 726 g/mol. The second kappa shape index (κ2) is 19.8. The zero-order valence-corrected chi connectivity index (χ0v) is 32.1. The van der Waals surface area contributed by atoms with Gasteiger partial charge in [-0.25, -0.2) is 14.4 Å². The Labute approximate surface area is 314 Å². The van der Waals surface area contributed by atoms with Crippen molar-refractivity contribution in [2.45, 2.75) is 40.5 Å². The number of methoxy groups -OCH3 is 1. The van der Waals surface area contributed by atoms with Gasteiger partial charge in [0.2, 0.25) is 5.91 Å². The van der Waals surface area contributed by atoms with Crippen molar-refractivity contribution >= 4 is 30.2 Å². The highest BCUT2D eigenvalue weighted by Crippen LogP contribution is 2.37. The van der Waals surface area contributed by atoms with Crippen LogP contribution in [-0.4, -0.2) is 115 Å². The number of aromatic nitrogens is 2. The van der Waals surface area contributed by atoms with E-state index in [4.69, 9.17) is 9.73 Å². The molecular weight excluding hydrogens is 670 g/mol. The molecule has 4 heterocycles. The molecule has 11 nitrogen and oxygen atoms in total. The number of nitrogens with one attached hydrogen (secondary N) is 2. The van der Waals surface area contributed by atoms with E-state index in [-0.39, 0.29) is 23.1 Å². The maximum atomic E-state index is 13.6. The van der Waals surface area contributed by atoms with Gasteiger partial charge in [0.1, 0.15) is 17.5 Å². The first-order valence-electron chi connectivity index (χ1n) is 18.3. The molecule has 0 aliphatic carbocycles. The van der Waals surface area contributed by atoms with Gasteiger partial charge in [-0.15, -0.1) is 13.2 Å². The van der Waals surface area contributed by atoms with E-state index < -0.39 is 0 Å². The number of carbonyl (C=O) groups excluding carboxylic acids is 1. The van der Waals surface area contributed by atoms with Crippen molar-refractivity contribution in [3.63, 3.8) is 0 Å². The number of benzene rings is 1. The number of rotatable bonds is 13. The average Bonchev–Trinajstić information content (AvgIpc) is 3.76. The van der Waals surface area contributed by atoms with Crippen LogP contribution in [0, 0.1) is 24.1 Å². The van der Waals surface area contributed by atoms with Gasteiger partial charge in [-0.05, 0) is 89.6 Å². The Balaban J connectivity index is 0.00000308. The van der Waals surface area contributed by atoms with Crippen LogP contribution in [0.3, 0.4) is 0 Å². The number of aryl methyl sites for hydroxylation is 1. The molecule has 1 aromatic carbocycles. The van der Waals surface area contributed by atoms with Crippen molar-refractivity contribution in [2.75, 3.05) is 66.1 Å². The Hall–Kier alpha value is -4.94. The highest BCUT2D eigenvalue weighted by Gasteiger charge is 2.42. The van der Waals surface area contributed by atoms with Gasteiger partial charge < -0.3 is 19.9 Å². The lowest BCUT2D eigenvalue weighted by atomic mass is 9.84. The number of allylic oxidation sites excluding steroid dienone is 3. The van der Waals surface area contributed by atoms with Crippen molar-refractivity contribution in [2.24, 2.45) is 26.3 Å². The fourth-order valence-corrected chi connectivity index (χ4v) is 6.95. The normalized spacial score (nSPS) is 21.2. The van der Waals surface area contributed by atoms with Gasteiger partial charge in [0, 0.05) is 92.4 Å². The molecule has 3 aliphatic rings. The molecule has 2 N–H and O–H groups in total. The third-order valence-corrected chi connectivity index (χ3v) is 9.72. The van der Waals surface area contributed by atoms with E-state index in [0.29, 0.717) is 39.3 Å². The first-order valence-corrected chi connectivity index (χ1v) is 18.3. The minimum absolute atomic E-state index is 0.0942. The summed E-state index contributed by atoms with van der Waals surface area (Å²) in [5.74, 6) is 1.73. The van der Waals surface area contributed by atoms with Gasteiger partial charge in [-0.2, -0.15) is 5.10 Å². The molecule has 0 saturated carbocycles. The van der Waals surface area contributed by atoms with Crippen LogP contribution in [0.1, 0.15) is 44.9 Å². The summed E-state index contributed by atoms with van der Waals surface area (Å²) < 4.78 is 19.4. The smallest absolute Gasteiger partial charge is 0.236 e. The lowest BCUT2D eigenvalue weighted by molar-refractivity contribution is -0.133. The Morgan fingerprint density at radius 2 is 1.91 bits per heavy atom. The number of carbonyl (C=O) groups is 1. The summed E-state index contributed by atoms with van der Waals surface area (Å²) in [7, 11) is 1.71. The van der Waals surface area contributed by atoms with Crippen LogP contribution >= 0.6 is 0 Å². The molecule has 53 heavy (non-hydrogen) atoms. The summed E-state index contributed by atoms with van der Waals surface area (Å²) in [6.07, 6.45) is 13.5. The van der Waals surface area contributed by atoms with Gasteiger partial charge in [-0.3, -0.25) is 19.8 Å². The number of H-pyrrole nitrogens is 1. The third kappa shape index (κ3) is 10.4. The lowest BCUT2D eigenvalue weighted by Gasteiger charge is -2.37. The second-order valence-electron chi connectivity index (χ2n) is 13.3. The first kappa shape index (κ1) is 40.8. The number of piperazine rings is 1. The third-order valence-electron chi connectivity index (χ3n) is 9.72. The van der Waals surface area contributed by atoms with Crippen molar-refractivity contribution in [1.82, 2.24) is 30.2 Å². The van der Waals surface area contributed by atoms with Crippen LogP contribution in [0.25, 0.3) is 17.3 Å². The second-order valence-corrected chi connectivity index (χ2v) is 13.3. The Bertz CT molecular complexity index is 1730. The van der Waals surface area contributed by atoms with Gasteiger partial charge in [0.15, 0.2) is 0 Å². The summed E-state index contributed by atoms with van der Waals surface area (Å²) in [5.41, 5.74) is 4.66. The van der Waals surface area contributed by atoms with E-state index in [1.165, 1.54) is 12.1 Å². The van der Waals surface area contributed by atoms with Crippen LogP contribution in [0.15, 0.2) is 94.4 Å². The molecule has 0 bridgehead atoms. The molecule has 1 amide bonds. The number of halogens is 1. The number of likely N-dealkylation sites (tertiary alicyclic amines) is 1. The zero-order chi connectivity index (χ0) is 38.4. The number of hydrogen-bond acceptors (Lipinski definition) is 8. The highest BCUT2D eigenvalue weighted by molar-refractivity contribution is 6.01. The SMILES string of the molecule is C=C.C=C(NC(/C=C\C)=C/c1c(-c2ccc(F)cc2)n[nH]c1C)C1(COC)CCN(CC(=O)N2CCN(C3=CCC(C(N=CC)=NCC)C=N3)CC2)C1. The molecule has 1 aromatic heterocycles. The van der Waals surface area contributed by atoms with Crippen molar-refractivity contribution in [3.8, 4) is 11.3 Å². The van der Waals surface area contributed by atoms with Gasteiger partial charge in [0.25, 0.3) is 0 Å². The number of hydrogen-bond donors (Lipinski definition) is 2. The fourth-order valence-electron chi connectivity index (χ4n) is 6.95. The molecule has 12 heteroatoms. The molecule has 2 atom stereocenters. The van der Waals surface area contributed by atoms with E-state index >= 15 is 0 Å². The molecule has 0 radical (unpaired) electrons. The summed E-state index contributed by atoms with van der Waals surface area (Å²) in [4.78, 5) is 33.7. The Morgan fingerprint density at radius 3 is 2.53 bits per heavy atom. The zero-order valence-electron chi connectivity index (χ0n) is 32.1. The summed E-state index contributed by atoms with van der Waals surface area (Å²) in [6, 6.07) is 6.33. The van der Waals surface area contributed by atoms with Gasteiger partial charge >= 0.3 is 0 Å². The van der Waals surface area contributed by atoms with Gasteiger partial charge in [-0.1, -0.05) is 12.7 Å². The first-order chi connectivity index (χ1) is 25.7. The maximum Gasteiger partial charge on any atom is 0.236 e. The van der Waals surface area contributed by atoms with Crippen molar-refractivity contribution in [1.29, 1.82) is 0 Å². The van der Waals surface area contributed by atoms with Gasteiger partial charge in [0.05, 0.1) is 24.8 Å². The molecule has 2 saturated heterocycles. The molecule has 2 unspecified atom stereocenters. The number of aromatic amines is 1. The highest BCUT2D eigenvalue weighted by atomic mass is 19.1.